The fraction of sp³-hybridized carbons (Fsp3) is 0.324. The van der Waals surface area contributed by atoms with Gasteiger partial charge in [0.15, 0.2) is 5.11 Å². The van der Waals surface area contributed by atoms with Crippen molar-refractivity contribution in [2.45, 2.75) is 51.5 Å². The lowest BCUT2D eigenvalue weighted by Gasteiger charge is -2.43. The van der Waals surface area contributed by atoms with Crippen LogP contribution in [0.4, 0.5) is 5.69 Å². The quantitative estimate of drug-likeness (QED) is 0.188. The van der Waals surface area contributed by atoms with Crippen molar-refractivity contribution in [2.75, 3.05) is 18.5 Å². The number of hydrogen-bond acceptors (Lipinski definition) is 5. The Hall–Kier alpha value is -3.83. The number of aryl methyl sites for hydroxylation is 1. The van der Waals surface area contributed by atoms with Crippen molar-refractivity contribution in [1.29, 1.82) is 0 Å². The Morgan fingerprint density at radius 2 is 1.55 bits per heavy atom. The highest BCUT2D eigenvalue weighted by atomic mass is 32.1. The van der Waals surface area contributed by atoms with Crippen LogP contribution in [0.2, 0.25) is 5.04 Å². The lowest BCUT2D eigenvalue weighted by molar-refractivity contribution is -0.0290. The molecule has 1 aromatic heterocycles. The number of nitrogens with one attached hydrogen (secondary N) is 3. The van der Waals surface area contributed by atoms with E-state index in [4.69, 9.17) is 21.4 Å². The van der Waals surface area contributed by atoms with Crippen LogP contribution in [-0.2, 0) is 9.16 Å². The van der Waals surface area contributed by atoms with Crippen LogP contribution in [0, 0.1) is 12.8 Å². The summed E-state index contributed by atoms with van der Waals surface area (Å²) >= 11 is 5.60. The number of nitrogens with zero attached hydrogens (tertiary/aromatic N) is 1. The molecule has 10 heteroatoms. The van der Waals surface area contributed by atoms with E-state index < -0.39 is 25.8 Å². The van der Waals surface area contributed by atoms with Crippen LogP contribution in [0.15, 0.2) is 107 Å². The molecule has 5 rings (SSSR count). The Labute approximate surface area is 264 Å². The zero-order valence-electron chi connectivity index (χ0n) is 25.6. The Balaban J connectivity index is 1.44. The Morgan fingerprint density at radius 1 is 0.977 bits per heavy atom. The minimum Gasteiger partial charge on any atom is -0.405 e. The number of anilines is 1. The monoisotopic (exact) mass is 628 g/mol. The van der Waals surface area contributed by atoms with E-state index in [0.29, 0.717) is 30.2 Å². The van der Waals surface area contributed by atoms with Gasteiger partial charge in [-0.1, -0.05) is 99.6 Å². The number of hydrogen-bond donors (Lipinski definition) is 3. The number of aromatic nitrogens is 2. The van der Waals surface area contributed by atoms with Gasteiger partial charge in [0.05, 0.1) is 12.7 Å². The molecule has 44 heavy (non-hydrogen) atoms. The van der Waals surface area contributed by atoms with Gasteiger partial charge in [-0.3, -0.25) is 14.3 Å². The van der Waals surface area contributed by atoms with Crippen LogP contribution in [0.5, 0.6) is 0 Å². The van der Waals surface area contributed by atoms with Crippen molar-refractivity contribution in [2.24, 2.45) is 5.92 Å². The Morgan fingerprint density at radius 3 is 2.11 bits per heavy atom. The van der Waals surface area contributed by atoms with Crippen molar-refractivity contribution in [3.8, 4) is 0 Å². The van der Waals surface area contributed by atoms with Gasteiger partial charge in [0.2, 0.25) is 0 Å². The molecular weight excluding hydrogens is 589 g/mol. The fourth-order valence-electron chi connectivity index (χ4n) is 6.04. The molecule has 0 amide bonds. The molecule has 0 unspecified atom stereocenters. The maximum absolute atomic E-state index is 12.8. The van der Waals surface area contributed by atoms with Crippen LogP contribution >= 0.6 is 12.2 Å². The molecule has 3 atom stereocenters. The highest BCUT2D eigenvalue weighted by Gasteiger charge is 2.51. The minimum atomic E-state index is -2.83. The summed E-state index contributed by atoms with van der Waals surface area (Å²) in [5, 5.41) is 9.25. The van der Waals surface area contributed by atoms with E-state index in [2.05, 4.69) is 84.9 Å². The number of para-hydroxylation sites is 1. The second-order valence-electron chi connectivity index (χ2n) is 12.3. The maximum Gasteiger partial charge on any atom is 0.330 e. The molecule has 0 saturated carbocycles. The van der Waals surface area contributed by atoms with E-state index in [-0.39, 0.29) is 17.1 Å². The van der Waals surface area contributed by atoms with Crippen molar-refractivity contribution < 1.29 is 9.16 Å². The van der Waals surface area contributed by atoms with Crippen molar-refractivity contribution in [1.82, 2.24) is 14.9 Å². The second-order valence-corrected chi connectivity index (χ2v) is 17.0. The van der Waals surface area contributed by atoms with Gasteiger partial charge in [0, 0.05) is 29.9 Å². The molecule has 0 spiro atoms. The van der Waals surface area contributed by atoms with Gasteiger partial charge in [-0.05, 0) is 53.1 Å². The lowest BCUT2D eigenvalue weighted by Crippen LogP contribution is -2.67. The summed E-state index contributed by atoms with van der Waals surface area (Å²) in [6.45, 7) is 9.25. The first-order chi connectivity index (χ1) is 21.1. The summed E-state index contributed by atoms with van der Waals surface area (Å²) in [7, 11) is -2.83. The molecule has 230 valence electrons. The van der Waals surface area contributed by atoms with E-state index in [1.807, 2.05) is 42.5 Å². The molecule has 1 fully saturated rings. The highest BCUT2D eigenvalue weighted by Crippen LogP contribution is 2.39. The molecule has 0 radical (unpaired) electrons. The number of aromatic amines is 1. The third kappa shape index (κ3) is 6.78. The van der Waals surface area contributed by atoms with Gasteiger partial charge in [-0.15, -0.1) is 0 Å². The average molecular weight is 629 g/mol. The molecule has 4 aromatic rings. The molecular formula is C34H40N4O4SSi. The van der Waals surface area contributed by atoms with Gasteiger partial charge in [0.25, 0.3) is 13.9 Å². The first-order valence-electron chi connectivity index (χ1n) is 14.9. The van der Waals surface area contributed by atoms with Gasteiger partial charge in [-0.2, -0.15) is 0 Å². The van der Waals surface area contributed by atoms with Crippen LogP contribution in [0.25, 0.3) is 0 Å². The van der Waals surface area contributed by atoms with Gasteiger partial charge < -0.3 is 19.8 Å². The summed E-state index contributed by atoms with van der Waals surface area (Å²) < 4.78 is 15.3. The van der Waals surface area contributed by atoms with Gasteiger partial charge in [-0.25, -0.2) is 4.79 Å². The summed E-state index contributed by atoms with van der Waals surface area (Å²) in [6.07, 6.45) is 1.21. The average Bonchev–Trinajstić information content (AvgIpc) is 3.42. The molecule has 1 saturated heterocycles. The predicted octanol–water partition coefficient (Wildman–Crippen LogP) is 4.31. The topological polar surface area (TPSA) is 97.4 Å². The largest absolute Gasteiger partial charge is 0.405 e. The highest BCUT2D eigenvalue weighted by molar-refractivity contribution is 7.80. The predicted molar refractivity (Wildman–Crippen MR) is 182 cm³/mol. The first-order valence-corrected chi connectivity index (χ1v) is 17.2. The fourth-order valence-corrected chi connectivity index (χ4v) is 10.8. The molecule has 2 heterocycles. The van der Waals surface area contributed by atoms with Crippen molar-refractivity contribution in [3.05, 3.63) is 124 Å². The lowest BCUT2D eigenvalue weighted by atomic mass is 10.0. The van der Waals surface area contributed by atoms with E-state index in [9.17, 15) is 9.59 Å². The van der Waals surface area contributed by atoms with Crippen LogP contribution in [0.1, 0.15) is 39.0 Å². The third-order valence-corrected chi connectivity index (χ3v) is 13.5. The van der Waals surface area contributed by atoms with Gasteiger partial charge in [0.1, 0.15) is 6.23 Å². The molecule has 0 aliphatic carbocycles. The summed E-state index contributed by atoms with van der Waals surface area (Å²) in [4.78, 5) is 27.3. The number of H-pyrrole nitrogens is 1. The normalized spacial score (nSPS) is 18.6. The molecule has 1 aliphatic rings. The van der Waals surface area contributed by atoms with Crippen LogP contribution in [0.3, 0.4) is 0 Å². The first kappa shape index (κ1) is 31.6. The standard InChI is InChI=1S/C34H40N4O4SSi/c1-24-22-38(33(40)37-31(24)39)30-20-25(21-35-32(43)36-26-14-8-5-9-15-26)29(42-30)23-41-44(34(2,3)4,27-16-10-6-11-17-27)28-18-12-7-13-19-28/h5-19,22,25,29-30H,20-21,23H2,1-4H3,(H2,35,36,43)(H,37,39,40)/t25-,29-,30-/m1/s1. The molecule has 3 aromatic carbocycles. The smallest absolute Gasteiger partial charge is 0.330 e. The summed E-state index contributed by atoms with van der Waals surface area (Å²) in [5.74, 6) is -0.0344. The van der Waals surface area contributed by atoms with Gasteiger partial charge >= 0.3 is 5.69 Å². The van der Waals surface area contributed by atoms with Crippen LogP contribution in [-0.4, -0.2) is 42.2 Å². The van der Waals surface area contributed by atoms with Crippen molar-refractivity contribution in [3.63, 3.8) is 0 Å². The molecule has 3 N–H and O–H groups in total. The van der Waals surface area contributed by atoms with E-state index in [1.54, 1.807) is 13.1 Å². The molecule has 0 bridgehead atoms. The summed E-state index contributed by atoms with van der Waals surface area (Å²) in [5.41, 5.74) is 0.453. The molecule has 8 nitrogen and oxygen atoms in total. The maximum atomic E-state index is 12.8. The summed E-state index contributed by atoms with van der Waals surface area (Å²) in [6, 6.07) is 30.7. The molecule has 1 aliphatic heterocycles. The van der Waals surface area contributed by atoms with E-state index >= 15 is 0 Å². The number of thiocarbonyl (C=S) groups is 1. The van der Waals surface area contributed by atoms with Crippen LogP contribution < -0.4 is 32.3 Å². The van der Waals surface area contributed by atoms with Crippen molar-refractivity contribution >= 4 is 41.7 Å². The SMILES string of the molecule is Cc1cn([C@H]2C[C@H](CNC(=S)Nc3ccccc3)[C@@H](CO[Si](c3ccccc3)(c3ccccc3)C(C)(C)C)O2)c(=O)[nH]c1=O. The minimum absolute atomic E-state index is 0.0344. The number of ether oxygens (including phenoxy) is 1. The third-order valence-electron chi connectivity index (χ3n) is 8.26. The van der Waals surface area contributed by atoms with E-state index in [0.717, 1.165) is 5.69 Å². The number of rotatable bonds is 9. The zero-order valence-corrected chi connectivity index (χ0v) is 27.4. The Kier molecular flexibility index (Phi) is 9.64. The Bertz CT molecular complexity index is 1630. The zero-order chi connectivity index (χ0) is 31.3. The number of benzene rings is 3. The van der Waals surface area contributed by atoms with E-state index in [1.165, 1.54) is 14.9 Å². The second kappa shape index (κ2) is 13.4.